The van der Waals surface area contributed by atoms with Gasteiger partial charge in [0.05, 0.1) is 23.0 Å². The molecule has 0 aliphatic carbocycles. The second-order valence-electron chi connectivity index (χ2n) is 5.99. The van der Waals surface area contributed by atoms with E-state index in [9.17, 15) is 18.0 Å². The Bertz CT molecular complexity index is 1190. The van der Waals surface area contributed by atoms with Gasteiger partial charge in [0, 0.05) is 29.5 Å². The number of benzene rings is 1. The number of carbonyl (C=O) groups is 1. The van der Waals surface area contributed by atoms with E-state index in [2.05, 4.69) is 15.1 Å². The molecule has 0 bridgehead atoms. The lowest BCUT2D eigenvalue weighted by molar-refractivity contribution is -0.137. The van der Waals surface area contributed by atoms with Crippen molar-refractivity contribution in [2.24, 2.45) is 5.73 Å². The van der Waals surface area contributed by atoms with Crippen molar-refractivity contribution in [3.8, 4) is 16.8 Å². The second kappa shape index (κ2) is 6.45. The number of halogens is 3. The normalized spacial score (nSPS) is 11.7. The van der Waals surface area contributed by atoms with Gasteiger partial charge in [0.15, 0.2) is 5.69 Å². The van der Waals surface area contributed by atoms with Crippen molar-refractivity contribution >= 4 is 16.8 Å². The number of aromatic nitrogens is 4. The second-order valence-corrected chi connectivity index (χ2v) is 5.99. The highest BCUT2D eigenvalue weighted by molar-refractivity contribution is 6.05. The molecule has 140 valence electrons. The van der Waals surface area contributed by atoms with Gasteiger partial charge in [-0.15, -0.1) is 0 Å². The predicted octanol–water partition coefficient (Wildman–Crippen LogP) is 3.60. The summed E-state index contributed by atoms with van der Waals surface area (Å²) in [6.45, 7) is 0. The largest absolute Gasteiger partial charge is 0.418 e. The van der Waals surface area contributed by atoms with Crippen LogP contribution in [0.2, 0.25) is 0 Å². The van der Waals surface area contributed by atoms with Crippen molar-refractivity contribution in [1.29, 1.82) is 0 Å². The van der Waals surface area contributed by atoms with E-state index in [-0.39, 0.29) is 11.4 Å². The fraction of sp³-hybridized carbons (Fsp3) is 0.0526. The average Bonchev–Trinajstić information content (AvgIpc) is 3.07. The van der Waals surface area contributed by atoms with Gasteiger partial charge < -0.3 is 5.73 Å². The monoisotopic (exact) mass is 383 g/mol. The molecule has 1 aromatic carbocycles. The van der Waals surface area contributed by atoms with E-state index in [0.717, 1.165) is 34.3 Å². The third-order valence-electron chi connectivity index (χ3n) is 4.24. The van der Waals surface area contributed by atoms with E-state index in [1.807, 2.05) is 6.07 Å². The van der Waals surface area contributed by atoms with Crippen molar-refractivity contribution in [2.45, 2.75) is 6.18 Å². The maximum absolute atomic E-state index is 13.4. The van der Waals surface area contributed by atoms with Crippen molar-refractivity contribution in [3.63, 3.8) is 0 Å². The Labute approximate surface area is 156 Å². The number of rotatable bonds is 3. The van der Waals surface area contributed by atoms with Crippen LogP contribution in [0.5, 0.6) is 0 Å². The van der Waals surface area contributed by atoms with Crippen LogP contribution >= 0.6 is 0 Å². The first-order valence-electron chi connectivity index (χ1n) is 8.11. The summed E-state index contributed by atoms with van der Waals surface area (Å²) in [4.78, 5) is 19.7. The van der Waals surface area contributed by atoms with Gasteiger partial charge in [-0.1, -0.05) is 12.1 Å². The number of primary amides is 1. The first-order chi connectivity index (χ1) is 13.4. The molecule has 0 radical (unpaired) electrons. The summed E-state index contributed by atoms with van der Waals surface area (Å²) in [5.74, 6) is -0.843. The molecule has 0 spiro atoms. The van der Waals surface area contributed by atoms with E-state index in [1.54, 1.807) is 36.7 Å². The van der Waals surface area contributed by atoms with E-state index in [0.29, 0.717) is 10.9 Å². The van der Waals surface area contributed by atoms with Crippen molar-refractivity contribution in [2.75, 3.05) is 0 Å². The molecule has 4 rings (SSSR count). The maximum Gasteiger partial charge on any atom is 0.418 e. The number of carbonyl (C=O) groups excluding carboxylic acids is 1. The summed E-state index contributed by atoms with van der Waals surface area (Å²) in [7, 11) is 0. The lowest BCUT2D eigenvalue weighted by Gasteiger charge is -2.12. The number of pyridine rings is 2. The van der Waals surface area contributed by atoms with Crippen LogP contribution in [-0.2, 0) is 6.18 Å². The number of nitrogens with two attached hydrogens (primary N) is 1. The van der Waals surface area contributed by atoms with Crippen LogP contribution in [-0.4, -0.2) is 25.7 Å². The van der Waals surface area contributed by atoms with Crippen molar-refractivity contribution in [3.05, 3.63) is 72.4 Å². The van der Waals surface area contributed by atoms with Crippen LogP contribution in [0.25, 0.3) is 27.7 Å². The lowest BCUT2D eigenvalue weighted by Crippen LogP contribution is -2.14. The quantitative estimate of drug-likeness (QED) is 0.586. The highest BCUT2D eigenvalue weighted by Crippen LogP contribution is 2.35. The predicted molar refractivity (Wildman–Crippen MR) is 95.6 cm³/mol. The standard InChI is InChI=1S/C19H12F3N5O/c20-19(21,22)14-5-7-25-10-16(14)27-15-4-3-11(12-2-1-6-24-9-12)8-13(15)17(26-27)18(23)28/h1-10H,(H2,23,28). The molecule has 0 fully saturated rings. The third kappa shape index (κ3) is 2.96. The van der Waals surface area contributed by atoms with E-state index < -0.39 is 17.6 Å². The summed E-state index contributed by atoms with van der Waals surface area (Å²) in [6, 6.07) is 9.39. The molecular weight excluding hydrogens is 371 g/mol. The van der Waals surface area contributed by atoms with Crippen LogP contribution in [0.3, 0.4) is 0 Å². The Morgan fingerprint density at radius 2 is 1.79 bits per heavy atom. The van der Waals surface area contributed by atoms with Gasteiger partial charge in [0.2, 0.25) is 0 Å². The molecule has 3 heterocycles. The number of hydrogen-bond acceptors (Lipinski definition) is 4. The molecule has 3 aromatic heterocycles. The molecule has 0 atom stereocenters. The maximum atomic E-state index is 13.4. The van der Waals surface area contributed by atoms with E-state index in [1.165, 1.54) is 0 Å². The molecule has 9 heteroatoms. The fourth-order valence-corrected chi connectivity index (χ4v) is 2.99. The van der Waals surface area contributed by atoms with Crippen LogP contribution in [0.4, 0.5) is 13.2 Å². The Balaban J connectivity index is 1.99. The summed E-state index contributed by atoms with van der Waals surface area (Å²) in [5.41, 5.74) is 5.90. The molecule has 2 N–H and O–H groups in total. The highest BCUT2D eigenvalue weighted by atomic mass is 19.4. The number of nitrogens with zero attached hydrogens (tertiary/aromatic N) is 4. The van der Waals surface area contributed by atoms with Gasteiger partial charge in [-0.3, -0.25) is 14.8 Å². The average molecular weight is 383 g/mol. The van der Waals surface area contributed by atoms with Gasteiger partial charge in [0.25, 0.3) is 5.91 Å². The van der Waals surface area contributed by atoms with Gasteiger partial charge in [-0.25, -0.2) is 4.68 Å². The Morgan fingerprint density at radius 3 is 2.46 bits per heavy atom. The van der Waals surface area contributed by atoms with Crippen LogP contribution in [0.15, 0.2) is 61.2 Å². The number of alkyl halides is 3. The summed E-state index contributed by atoms with van der Waals surface area (Å²) >= 11 is 0. The highest BCUT2D eigenvalue weighted by Gasteiger charge is 2.35. The summed E-state index contributed by atoms with van der Waals surface area (Å²) in [6.07, 6.45) is 0.746. The first-order valence-corrected chi connectivity index (χ1v) is 8.11. The zero-order chi connectivity index (χ0) is 19.9. The summed E-state index contributed by atoms with van der Waals surface area (Å²) < 4.78 is 41.3. The number of fused-ring (bicyclic) bond motifs is 1. The molecule has 6 nitrogen and oxygen atoms in total. The molecule has 0 aliphatic heterocycles. The van der Waals surface area contributed by atoms with Crippen LogP contribution in [0, 0.1) is 0 Å². The van der Waals surface area contributed by atoms with Crippen LogP contribution < -0.4 is 5.73 Å². The van der Waals surface area contributed by atoms with Gasteiger partial charge in [0.1, 0.15) is 0 Å². The zero-order valence-electron chi connectivity index (χ0n) is 14.2. The van der Waals surface area contributed by atoms with Gasteiger partial charge >= 0.3 is 6.18 Å². The SMILES string of the molecule is NC(=O)c1nn(-c2cnccc2C(F)(F)F)c2ccc(-c3cccnc3)cc12. The minimum absolute atomic E-state index is 0.127. The Kier molecular flexibility index (Phi) is 4.07. The lowest BCUT2D eigenvalue weighted by atomic mass is 10.0. The zero-order valence-corrected chi connectivity index (χ0v) is 14.2. The van der Waals surface area contributed by atoms with Crippen molar-refractivity contribution in [1.82, 2.24) is 19.7 Å². The molecule has 0 unspecified atom stereocenters. The van der Waals surface area contributed by atoms with Gasteiger partial charge in [-0.05, 0) is 29.8 Å². The topological polar surface area (TPSA) is 86.7 Å². The minimum atomic E-state index is -4.61. The number of hydrogen-bond donors (Lipinski definition) is 1. The fourth-order valence-electron chi connectivity index (χ4n) is 2.99. The molecule has 0 aliphatic rings. The molecule has 0 saturated carbocycles. The minimum Gasteiger partial charge on any atom is -0.364 e. The van der Waals surface area contributed by atoms with Gasteiger partial charge in [-0.2, -0.15) is 18.3 Å². The Morgan fingerprint density at radius 1 is 1.00 bits per heavy atom. The Hall–Kier alpha value is -3.75. The summed E-state index contributed by atoms with van der Waals surface area (Å²) in [5, 5.41) is 4.39. The molecule has 1 amide bonds. The molecule has 28 heavy (non-hydrogen) atoms. The van der Waals surface area contributed by atoms with E-state index in [4.69, 9.17) is 5.73 Å². The molecule has 4 aromatic rings. The van der Waals surface area contributed by atoms with Crippen LogP contribution in [0.1, 0.15) is 16.1 Å². The van der Waals surface area contributed by atoms with Crippen molar-refractivity contribution < 1.29 is 18.0 Å². The molecule has 0 saturated heterocycles. The first kappa shape index (κ1) is 17.7. The molecular formula is C19H12F3N5O. The number of amides is 1. The third-order valence-corrected chi connectivity index (χ3v) is 4.24. The smallest absolute Gasteiger partial charge is 0.364 e. The van der Waals surface area contributed by atoms with E-state index >= 15 is 0 Å².